The van der Waals surface area contributed by atoms with Crippen molar-refractivity contribution >= 4 is 17.9 Å². The van der Waals surface area contributed by atoms with Crippen LogP contribution in [0, 0.1) is 0 Å². The van der Waals surface area contributed by atoms with Crippen molar-refractivity contribution in [3.05, 3.63) is 60.7 Å². The lowest BCUT2D eigenvalue weighted by atomic mass is 10.1. The van der Waals surface area contributed by atoms with Crippen molar-refractivity contribution in [2.24, 2.45) is 0 Å². The highest BCUT2D eigenvalue weighted by Crippen LogP contribution is 2.19. The third-order valence-corrected chi connectivity index (χ3v) is 5.08. The van der Waals surface area contributed by atoms with Gasteiger partial charge in [-0.15, -0.1) is 0 Å². The molecule has 2 rings (SSSR count). The molecular formula is C23H32N4O. The fourth-order valence-electron chi connectivity index (χ4n) is 3.39. The van der Waals surface area contributed by atoms with E-state index in [1.807, 2.05) is 30.7 Å². The van der Waals surface area contributed by atoms with Gasteiger partial charge in [-0.1, -0.05) is 39.8 Å². The first-order valence-corrected chi connectivity index (χ1v) is 10.3. The number of ketones is 1. The number of carbonyl (C=O) groups excluding carboxylic acids is 1. The molecule has 2 aromatic heterocycles. The van der Waals surface area contributed by atoms with Crippen molar-refractivity contribution in [1.82, 2.24) is 19.1 Å². The lowest BCUT2D eigenvalue weighted by Crippen LogP contribution is -2.07. The molecule has 2 aromatic rings. The zero-order chi connectivity index (χ0) is 20.4. The molecule has 0 saturated heterocycles. The van der Waals surface area contributed by atoms with Crippen molar-refractivity contribution in [1.29, 1.82) is 0 Å². The average Bonchev–Trinajstić information content (AvgIpc) is 3.36. The first-order chi connectivity index (χ1) is 13.6. The zero-order valence-electron chi connectivity index (χ0n) is 17.5. The normalized spacial score (nSPS) is 12.5. The summed E-state index contributed by atoms with van der Waals surface area (Å²) in [6.07, 6.45) is 22.3. The lowest BCUT2D eigenvalue weighted by molar-refractivity contribution is -0.110. The predicted molar refractivity (Wildman–Crippen MR) is 116 cm³/mol. The third kappa shape index (κ3) is 5.65. The Morgan fingerprint density at radius 1 is 0.821 bits per heavy atom. The number of aromatic nitrogens is 4. The Morgan fingerprint density at radius 3 is 1.82 bits per heavy atom. The molecular weight excluding hydrogens is 348 g/mol. The molecule has 5 nitrogen and oxygen atoms in total. The van der Waals surface area contributed by atoms with Gasteiger partial charge in [0.25, 0.3) is 0 Å². The second-order valence-electron chi connectivity index (χ2n) is 6.78. The minimum Gasteiger partial charge on any atom is -0.328 e. The lowest BCUT2D eigenvalue weighted by Gasteiger charge is -2.15. The molecule has 0 aliphatic heterocycles. The highest BCUT2D eigenvalue weighted by Gasteiger charge is 2.09. The maximum atomic E-state index is 12.1. The van der Waals surface area contributed by atoms with E-state index < -0.39 is 0 Å². The molecule has 28 heavy (non-hydrogen) atoms. The van der Waals surface area contributed by atoms with Gasteiger partial charge in [-0.3, -0.25) is 4.79 Å². The van der Waals surface area contributed by atoms with Gasteiger partial charge in [0.1, 0.15) is 11.6 Å². The molecule has 0 unspecified atom stereocenters. The van der Waals surface area contributed by atoms with E-state index in [-0.39, 0.29) is 5.78 Å². The Labute approximate surface area is 168 Å². The average molecular weight is 381 g/mol. The summed E-state index contributed by atoms with van der Waals surface area (Å²) in [5.41, 5.74) is 0. The summed E-state index contributed by atoms with van der Waals surface area (Å²) in [5.74, 6) is 1.67. The van der Waals surface area contributed by atoms with E-state index in [2.05, 4.69) is 46.8 Å². The summed E-state index contributed by atoms with van der Waals surface area (Å²) in [7, 11) is 0. The van der Waals surface area contributed by atoms with E-state index >= 15 is 0 Å². The number of nitrogens with zero attached hydrogens (tertiary/aromatic N) is 4. The van der Waals surface area contributed by atoms with Crippen LogP contribution < -0.4 is 0 Å². The van der Waals surface area contributed by atoms with Gasteiger partial charge in [0.05, 0.1) is 0 Å². The van der Waals surface area contributed by atoms with Crippen LogP contribution >= 0.6 is 0 Å². The topological polar surface area (TPSA) is 52.7 Å². The van der Waals surface area contributed by atoms with Crippen LogP contribution in [0.5, 0.6) is 0 Å². The number of carbonyl (C=O) groups is 1. The van der Waals surface area contributed by atoms with E-state index in [9.17, 15) is 4.79 Å². The molecule has 5 heteroatoms. The summed E-state index contributed by atoms with van der Waals surface area (Å²) in [6, 6.07) is 0.865. The SMILES string of the molecule is CCC(CC)n1ccnc1/C=C/C=C/C(=O)/C=C/c1nccn1C(CC)CC. The number of imidazole rings is 2. The molecule has 0 aliphatic rings. The smallest absolute Gasteiger partial charge is 0.178 e. The Hall–Kier alpha value is -2.69. The Morgan fingerprint density at radius 2 is 1.32 bits per heavy atom. The van der Waals surface area contributed by atoms with Gasteiger partial charge >= 0.3 is 0 Å². The fraction of sp³-hybridized carbons (Fsp3) is 0.435. The van der Waals surface area contributed by atoms with Crippen LogP contribution in [0.3, 0.4) is 0 Å². The summed E-state index contributed by atoms with van der Waals surface area (Å²) in [4.78, 5) is 20.9. The molecule has 0 aromatic carbocycles. The second-order valence-corrected chi connectivity index (χ2v) is 6.78. The van der Waals surface area contributed by atoms with Gasteiger partial charge in [0.2, 0.25) is 0 Å². The number of allylic oxidation sites excluding steroid dienone is 4. The molecule has 0 fully saturated rings. The number of rotatable bonds is 11. The molecule has 0 amide bonds. The standard InChI is InChI=1S/C23H32N4O/c1-5-19(6-2)26-17-15-24-22(26)12-10-9-11-21(28)13-14-23-25-16-18-27(23)20(7-3)8-4/h9-20H,5-8H2,1-4H3/b11-9+,12-10+,14-13+. The van der Waals surface area contributed by atoms with Crippen LogP contribution in [-0.4, -0.2) is 24.9 Å². The summed E-state index contributed by atoms with van der Waals surface area (Å²) < 4.78 is 4.31. The van der Waals surface area contributed by atoms with E-state index in [1.54, 1.807) is 30.5 Å². The van der Waals surface area contributed by atoms with Crippen LogP contribution in [0.25, 0.3) is 12.2 Å². The predicted octanol–water partition coefficient (Wildman–Crippen LogP) is 5.65. The van der Waals surface area contributed by atoms with Crippen LogP contribution in [0.2, 0.25) is 0 Å². The number of hydrogen-bond acceptors (Lipinski definition) is 3. The molecule has 0 N–H and O–H groups in total. The van der Waals surface area contributed by atoms with Crippen molar-refractivity contribution in [2.75, 3.05) is 0 Å². The maximum Gasteiger partial charge on any atom is 0.178 e. The minimum atomic E-state index is -0.0629. The molecule has 0 bridgehead atoms. The Balaban J connectivity index is 1.98. The maximum absolute atomic E-state index is 12.1. The van der Waals surface area contributed by atoms with Gasteiger partial charge < -0.3 is 9.13 Å². The monoisotopic (exact) mass is 380 g/mol. The Bertz CT molecular complexity index is 817. The van der Waals surface area contributed by atoms with Crippen LogP contribution in [0.4, 0.5) is 0 Å². The van der Waals surface area contributed by atoms with Crippen molar-refractivity contribution < 1.29 is 4.79 Å². The molecule has 0 saturated carbocycles. The summed E-state index contributed by atoms with van der Waals surface area (Å²) in [5, 5.41) is 0. The van der Waals surface area contributed by atoms with E-state index in [0.29, 0.717) is 12.1 Å². The molecule has 0 atom stereocenters. The van der Waals surface area contributed by atoms with Crippen molar-refractivity contribution in [3.63, 3.8) is 0 Å². The van der Waals surface area contributed by atoms with Gasteiger partial charge in [-0.05, 0) is 50.0 Å². The second kappa shape index (κ2) is 11.2. The van der Waals surface area contributed by atoms with E-state index in [4.69, 9.17) is 0 Å². The molecule has 0 spiro atoms. The van der Waals surface area contributed by atoms with Crippen molar-refractivity contribution in [2.45, 2.75) is 65.5 Å². The summed E-state index contributed by atoms with van der Waals surface area (Å²) in [6.45, 7) is 8.69. The summed E-state index contributed by atoms with van der Waals surface area (Å²) >= 11 is 0. The molecule has 150 valence electrons. The van der Waals surface area contributed by atoms with E-state index in [1.165, 1.54) is 0 Å². The largest absolute Gasteiger partial charge is 0.328 e. The minimum absolute atomic E-state index is 0.0629. The quantitative estimate of drug-likeness (QED) is 0.374. The first kappa shape index (κ1) is 21.6. The van der Waals surface area contributed by atoms with Crippen LogP contribution in [-0.2, 0) is 4.79 Å². The first-order valence-electron chi connectivity index (χ1n) is 10.3. The van der Waals surface area contributed by atoms with Crippen molar-refractivity contribution in [3.8, 4) is 0 Å². The zero-order valence-corrected chi connectivity index (χ0v) is 17.5. The molecule has 2 heterocycles. The van der Waals surface area contributed by atoms with Gasteiger partial charge in [-0.25, -0.2) is 9.97 Å². The number of hydrogen-bond donors (Lipinski definition) is 0. The third-order valence-electron chi connectivity index (χ3n) is 5.08. The molecule has 0 aliphatic carbocycles. The van der Waals surface area contributed by atoms with Gasteiger partial charge in [-0.2, -0.15) is 0 Å². The van der Waals surface area contributed by atoms with Gasteiger partial charge in [0.15, 0.2) is 5.78 Å². The highest BCUT2D eigenvalue weighted by molar-refractivity contribution is 6.01. The Kier molecular flexibility index (Phi) is 8.66. The highest BCUT2D eigenvalue weighted by atomic mass is 16.1. The molecule has 0 radical (unpaired) electrons. The van der Waals surface area contributed by atoms with Crippen LogP contribution in [0.15, 0.2) is 49.1 Å². The van der Waals surface area contributed by atoms with Gasteiger partial charge in [0, 0.05) is 36.9 Å². The fourth-order valence-corrected chi connectivity index (χ4v) is 3.39. The van der Waals surface area contributed by atoms with E-state index in [0.717, 1.165) is 37.3 Å². The van der Waals surface area contributed by atoms with Crippen LogP contribution in [0.1, 0.15) is 77.1 Å².